The number of sulfonamides is 1. The number of hydrogen-bond acceptors (Lipinski definition) is 5. The summed E-state index contributed by atoms with van der Waals surface area (Å²) in [5, 5.41) is 9.26. The van der Waals surface area contributed by atoms with E-state index in [9.17, 15) is 13.5 Å². The number of aliphatic hydroxyl groups is 1. The molecule has 1 aromatic heterocycles. The van der Waals surface area contributed by atoms with Crippen LogP contribution in [0.4, 0.5) is 0 Å². The number of aliphatic hydroxyl groups excluding tert-OH is 1. The molecule has 2 heterocycles. The van der Waals surface area contributed by atoms with Gasteiger partial charge in [-0.25, -0.2) is 13.4 Å². The van der Waals surface area contributed by atoms with Crippen LogP contribution in [0.3, 0.4) is 0 Å². The standard InChI is InChI=1S/C10H12BrClN2O3S2/c11-7-3-9(10(12)13-4-7)19(16,17)14-1-2-18-6-8(14)5-15/h3-4,8,15H,1-2,5-6H2/t8-/m0/s1. The van der Waals surface area contributed by atoms with Crippen molar-refractivity contribution in [3.63, 3.8) is 0 Å². The molecule has 1 saturated heterocycles. The highest BCUT2D eigenvalue weighted by atomic mass is 79.9. The first-order valence-corrected chi connectivity index (χ1v) is 9.25. The van der Waals surface area contributed by atoms with E-state index in [-0.39, 0.29) is 16.7 Å². The van der Waals surface area contributed by atoms with Gasteiger partial charge in [-0.05, 0) is 22.0 Å². The lowest BCUT2D eigenvalue weighted by atomic mass is 10.3. The molecule has 1 atom stereocenters. The van der Waals surface area contributed by atoms with Gasteiger partial charge in [0, 0.05) is 28.7 Å². The summed E-state index contributed by atoms with van der Waals surface area (Å²) in [6.07, 6.45) is 1.44. The topological polar surface area (TPSA) is 70.5 Å². The molecule has 0 bridgehead atoms. The number of pyridine rings is 1. The molecule has 0 spiro atoms. The van der Waals surface area contributed by atoms with E-state index in [0.29, 0.717) is 22.5 Å². The van der Waals surface area contributed by atoms with Crippen molar-refractivity contribution in [2.24, 2.45) is 0 Å². The number of halogens is 2. The molecule has 0 aliphatic carbocycles. The third-order valence-electron chi connectivity index (χ3n) is 2.74. The SMILES string of the molecule is O=S(=O)(c1cc(Br)cnc1Cl)N1CCSC[C@@H]1CO. The molecule has 0 aromatic carbocycles. The van der Waals surface area contributed by atoms with Crippen LogP contribution in [-0.4, -0.2) is 53.5 Å². The first-order chi connectivity index (χ1) is 8.96. The molecule has 1 N–H and O–H groups in total. The maximum absolute atomic E-state index is 12.6. The van der Waals surface area contributed by atoms with Gasteiger partial charge in [0.1, 0.15) is 10.0 Å². The van der Waals surface area contributed by atoms with E-state index in [1.54, 1.807) is 11.8 Å². The molecule has 9 heteroatoms. The maximum Gasteiger partial charge on any atom is 0.246 e. The zero-order valence-electron chi connectivity index (χ0n) is 9.79. The lowest BCUT2D eigenvalue weighted by Gasteiger charge is -2.33. The van der Waals surface area contributed by atoms with Gasteiger partial charge >= 0.3 is 0 Å². The molecule has 5 nitrogen and oxygen atoms in total. The van der Waals surface area contributed by atoms with Crippen molar-refractivity contribution in [2.75, 3.05) is 24.7 Å². The zero-order valence-corrected chi connectivity index (χ0v) is 13.8. The van der Waals surface area contributed by atoms with Crippen LogP contribution in [0.25, 0.3) is 0 Å². The fourth-order valence-electron chi connectivity index (χ4n) is 1.81. The van der Waals surface area contributed by atoms with Gasteiger partial charge in [0.2, 0.25) is 10.0 Å². The molecule has 0 saturated carbocycles. The minimum atomic E-state index is -3.74. The molecule has 1 fully saturated rings. The second kappa shape index (κ2) is 6.28. The predicted molar refractivity (Wildman–Crippen MR) is 79.0 cm³/mol. The molecule has 1 aromatic rings. The minimum absolute atomic E-state index is 0.0334. The van der Waals surface area contributed by atoms with Crippen molar-refractivity contribution in [3.05, 3.63) is 21.9 Å². The normalized spacial score (nSPS) is 21.5. The van der Waals surface area contributed by atoms with E-state index < -0.39 is 16.1 Å². The molecule has 1 aliphatic rings. The van der Waals surface area contributed by atoms with Crippen LogP contribution in [0.1, 0.15) is 0 Å². The number of nitrogens with zero attached hydrogens (tertiary/aromatic N) is 2. The highest BCUT2D eigenvalue weighted by molar-refractivity contribution is 9.10. The third-order valence-corrected chi connectivity index (χ3v) is 6.65. The van der Waals surface area contributed by atoms with Crippen molar-refractivity contribution in [1.29, 1.82) is 0 Å². The lowest BCUT2D eigenvalue weighted by molar-refractivity contribution is 0.202. The summed E-state index contributed by atoms with van der Waals surface area (Å²) >= 11 is 10.7. The Labute approximate surface area is 129 Å². The number of thioether (sulfide) groups is 1. The summed E-state index contributed by atoms with van der Waals surface area (Å²) in [5.74, 6) is 1.28. The Morgan fingerprint density at radius 1 is 1.63 bits per heavy atom. The lowest BCUT2D eigenvalue weighted by Crippen LogP contribution is -2.47. The van der Waals surface area contributed by atoms with Crippen LogP contribution >= 0.6 is 39.3 Å². The summed E-state index contributed by atoms with van der Waals surface area (Å²) in [6, 6.07) is 1.01. The van der Waals surface area contributed by atoms with Gasteiger partial charge in [-0.2, -0.15) is 16.1 Å². The first kappa shape index (κ1) is 15.5. The van der Waals surface area contributed by atoms with Crippen molar-refractivity contribution in [1.82, 2.24) is 9.29 Å². The summed E-state index contributed by atoms with van der Waals surface area (Å²) in [5.41, 5.74) is 0. The average molecular weight is 388 g/mol. The second-order valence-electron chi connectivity index (χ2n) is 3.97. The molecule has 0 unspecified atom stereocenters. The van der Waals surface area contributed by atoms with Crippen LogP contribution in [0.15, 0.2) is 21.6 Å². The summed E-state index contributed by atoms with van der Waals surface area (Å²) in [4.78, 5) is 3.80. The Morgan fingerprint density at radius 3 is 3.05 bits per heavy atom. The molecular weight excluding hydrogens is 376 g/mol. The Balaban J connectivity index is 2.43. The van der Waals surface area contributed by atoms with Crippen LogP contribution in [-0.2, 0) is 10.0 Å². The number of rotatable bonds is 3. The van der Waals surface area contributed by atoms with Gasteiger partial charge in [-0.1, -0.05) is 11.6 Å². The Bertz CT molecular complexity index is 570. The van der Waals surface area contributed by atoms with Gasteiger partial charge in [0.25, 0.3) is 0 Å². The fraction of sp³-hybridized carbons (Fsp3) is 0.500. The molecule has 19 heavy (non-hydrogen) atoms. The molecule has 1 aliphatic heterocycles. The van der Waals surface area contributed by atoms with E-state index in [1.165, 1.54) is 16.6 Å². The van der Waals surface area contributed by atoms with E-state index >= 15 is 0 Å². The van der Waals surface area contributed by atoms with Crippen molar-refractivity contribution < 1.29 is 13.5 Å². The molecule has 0 amide bonds. The van der Waals surface area contributed by atoms with E-state index in [1.807, 2.05) is 0 Å². The summed E-state index contributed by atoms with van der Waals surface area (Å²) < 4.78 is 27.0. The van der Waals surface area contributed by atoms with E-state index in [2.05, 4.69) is 20.9 Å². The molecular formula is C10H12BrClN2O3S2. The average Bonchev–Trinajstić information content (AvgIpc) is 2.41. The Morgan fingerprint density at radius 2 is 2.37 bits per heavy atom. The van der Waals surface area contributed by atoms with Gasteiger partial charge in [0.05, 0.1) is 12.6 Å². The van der Waals surface area contributed by atoms with Gasteiger partial charge in [-0.3, -0.25) is 0 Å². The van der Waals surface area contributed by atoms with Gasteiger partial charge in [-0.15, -0.1) is 0 Å². The van der Waals surface area contributed by atoms with Gasteiger partial charge < -0.3 is 5.11 Å². The van der Waals surface area contributed by atoms with Gasteiger partial charge in [0.15, 0.2) is 0 Å². The third kappa shape index (κ3) is 3.25. The van der Waals surface area contributed by atoms with Crippen LogP contribution in [0, 0.1) is 0 Å². The number of hydrogen-bond donors (Lipinski definition) is 1. The Hall–Kier alpha value is 0.140. The molecule has 2 rings (SSSR count). The van der Waals surface area contributed by atoms with E-state index in [4.69, 9.17) is 11.6 Å². The predicted octanol–water partition coefficient (Wildman–Crippen LogP) is 1.60. The quantitative estimate of drug-likeness (QED) is 0.798. The highest BCUT2D eigenvalue weighted by Crippen LogP contribution is 2.29. The van der Waals surface area contributed by atoms with Crippen molar-refractivity contribution in [2.45, 2.75) is 10.9 Å². The molecule has 0 radical (unpaired) electrons. The van der Waals surface area contributed by atoms with Crippen molar-refractivity contribution in [3.8, 4) is 0 Å². The van der Waals surface area contributed by atoms with Crippen LogP contribution < -0.4 is 0 Å². The zero-order chi connectivity index (χ0) is 14.0. The van der Waals surface area contributed by atoms with Crippen LogP contribution in [0.2, 0.25) is 5.15 Å². The fourth-order valence-corrected chi connectivity index (χ4v) is 5.61. The van der Waals surface area contributed by atoms with Crippen LogP contribution in [0.5, 0.6) is 0 Å². The first-order valence-electron chi connectivity index (χ1n) is 5.48. The van der Waals surface area contributed by atoms with Crippen molar-refractivity contribution >= 4 is 49.3 Å². The maximum atomic E-state index is 12.6. The smallest absolute Gasteiger partial charge is 0.246 e. The monoisotopic (exact) mass is 386 g/mol. The largest absolute Gasteiger partial charge is 0.395 e. The highest BCUT2D eigenvalue weighted by Gasteiger charge is 2.35. The minimum Gasteiger partial charge on any atom is -0.395 e. The summed E-state index contributed by atoms with van der Waals surface area (Å²) in [6.45, 7) is 0.159. The summed E-state index contributed by atoms with van der Waals surface area (Å²) in [7, 11) is -3.74. The second-order valence-corrected chi connectivity index (χ2v) is 8.25. The molecule has 106 valence electrons. The number of aromatic nitrogens is 1. The van der Waals surface area contributed by atoms with E-state index in [0.717, 1.165) is 0 Å². The Kier molecular flexibility index (Phi) is 5.13.